The molecule has 12 nitrogen and oxygen atoms in total. The highest BCUT2D eigenvalue weighted by molar-refractivity contribution is 7.86. The third-order valence-electron chi connectivity index (χ3n) is 9.33. The van der Waals surface area contributed by atoms with E-state index >= 15 is 0 Å². The van der Waals surface area contributed by atoms with Gasteiger partial charge in [-0.05, 0) is 99.3 Å². The van der Waals surface area contributed by atoms with Crippen molar-refractivity contribution in [1.82, 2.24) is 9.80 Å². The molecule has 4 aromatic carbocycles. The summed E-state index contributed by atoms with van der Waals surface area (Å²) in [6.07, 6.45) is 6.18. The smallest absolute Gasteiger partial charge is 0.295 e. The summed E-state index contributed by atoms with van der Waals surface area (Å²) in [4.78, 5) is 4.16. The molecule has 0 unspecified atom stereocenters. The van der Waals surface area contributed by atoms with Crippen molar-refractivity contribution in [2.75, 3.05) is 47.5 Å². The van der Waals surface area contributed by atoms with Crippen molar-refractivity contribution in [2.45, 2.75) is 74.9 Å². The fourth-order valence-corrected chi connectivity index (χ4v) is 7.98. The second-order valence-electron chi connectivity index (χ2n) is 12.8. The lowest BCUT2D eigenvalue weighted by atomic mass is 10.1. The minimum Gasteiger partial charge on any atom is -0.493 e. The highest BCUT2D eigenvalue weighted by Gasteiger charge is 2.21. The molecule has 0 bridgehead atoms. The summed E-state index contributed by atoms with van der Waals surface area (Å²) >= 11 is 0. The molecule has 4 aromatic rings. The van der Waals surface area contributed by atoms with Gasteiger partial charge in [0.05, 0.1) is 27.4 Å². The minimum atomic E-state index is -4.47. The molecular weight excluding hydrogens is 721 g/mol. The molecule has 0 saturated heterocycles. The van der Waals surface area contributed by atoms with Gasteiger partial charge in [0.2, 0.25) is 0 Å². The number of nitrogens with zero attached hydrogens (tertiary/aromatic N) is 2. The lowest BCUT2D eigenvalue weighted by molar-refractivity contribution is 0.199. The molecule has 53 heavy (non-hydrogen) atoms. The van der Waals surface area contributed by atoms with Gasteiger partial charge in [0, 0.05) is 30.4 Å². The summed E-state index contributed by atoms with van der Waals surface area (Å²) < 4.78 is 85.6. The zero-order chi connectivity index (χ0) is 38.6. The Balaban J connectivity index is 0.000000291. The molecule has 0 amide bonds. The van der Waals surface area contributed by atoms with E-state index in [2.05, 4.69) is 47.9 Å². The van der Waals surface area contributed by atoms with Crippen LogP contribution in [-0.2, 0) is 33.3 Å². The van der Waals surface area contributed by atoms with Crippen molar-refractivity contribution < 1.29 is 44.9 Å². The Morgan fingerprint density at radius 3 is 1.53 bits per heavy atom. The summed E-state index contributed by atoms with van der Waals surface area (Å²) in [5, 5.41) is 0.0465. The summed E-state index contributed by atoms with van der Waals surface area (Å²) in [6, 6.07) is 20.1. The Labute approximate surface area is 314 Å². The van der Waals surface area contributed by atoms with Crippen molar-refractivity contribution in [3.05, 3.63) is 83.9 Å². The first-order valence-corrected chi connectivity index (χ1v) is 20.6. The third-order valence-corrected chi connectivity index (χ3v) is 11.1. The van der Waals surface area contributed by atoms with E-state index in [-0.39, 0.29) is 10.8 Å². The number of rotatable bonds is 17. The fraction of sp³-hybridized carbons (Fsp3) is 0.436. The molecule has 14 heteroatoms. The lowest BCUT2D eigenvalue weighted by Crippen LogP contribution is -2.29. The number of hydrogen-bond acceptors (Lipinski definition) is 10. The van der Waals surface area contributed by atoms with Crippen LogP contribution >= 0.6 is 0 Å². The Bertz CT molecular complexity index is 1940. The van der Waals surface area contributed by atoms with E-state index < -0.39 is 30.0 Å². The van der Waals surface area contributed by atoms with Gasteiger partial charge in [-0.1, -0.05) is 50.2 Å². The molecule has 0 heterocycles. The topological polar surface area (TPSA) is 152 Å². The van der Waals surface area contributed by atoms with Gasteiger partial charge in [0.25, 0.3) is 20.2 Å². The Morgan fingerprint density at radius 2 is 1.08 bits per heavy atom. The Hall–Kier alpha value is -3.92. The molecule has 1 fully saturated rings. The van der Waals surface area contributed by atoms with Gasteiger partial charge in [-0.15, -0.1) is 0 Å². The maximum absolute atomic E-state index is 11.2. The zero-order valence-electron chi connectivity index (χ0n) is 31.2. The first-order valence-electron chi connectivity index (χ1n) is 17.8. The van der Waals surface area contributed by atoms with E-state index in [9.17, 15) is 16.8 Å². The zero-order valence-corrected chi connectivity index (χ0v) is 32.8. The summed E-state index contributed by atoms with van der Waals surface area (Å²) in [6.45, 7) is 10.4. The lowest BCUT2D eigenvalue weighted by Gasteiger charge is -2.26. The van der Waals surface area contributed by atoms with Crippen LogP contribution in [0.3, 0.4) is 0 Å². The molecular formula is C39H52N2O10S2. The number of methoxy groups -OCH3 is 3. The van der Waals surface area contributed by atoms with E-state index in [4.69, 9.17) is 28.1 Å². The molecule has 0 aliphatic heterocycles. The summed E-state index contributed by atoms with van der Waals surface area (Å²) in [7, 11) is -3.86. The predicted molar refractivity (Wildman–Crippen MR) is 206 cm³/mol. The van der Waals surface area contributed by atoms with Crippen LogP contribution in [0.1, 0.15) is 57.1 Å². The third kappa shape index (κ3) is 11.8. The highest BCUT2D eigenvalue weighted by atomic mass is 32.2. The van der Waals surface area contributed by atoms with Crippen LogP contribution < -0.4 is 18.9 Å². The van der Waals surface area contributed by atoms with Crippen LogP contribution in [0, 0.1) is 0 Å². The molecule has 0 aromatic heterocycles. The van der Waals surface area contributed by atoms with Crippen molar-refractivity contribution >= 4 is 31.0 Å². The summed E-state index contributed by atoms with van der Waals surface area (Å²) in [5.74, 6) is 3.21. The van der Waals surface area contributed by atoms with Crippen LogP contribution in [-0.4, -0.2) is 89.4 Å². The largest absolute Gasteiger partial charge is 0.493 e. The molecule has 0 radical (unpaired) electrons. The molecule has 5 rings (SSSR count). The van der Waals surface area contributed by atoms with Gasteiger partial charge in [0.1, 0.15) is 9.79 Å². The van der Waals surface area contributed by atoms with Gasteiger partial charge in [0.15, 0.2) is 23.0 Å². The van der Waals surface area contributed by atoms with E-state index in [1.54, 1.807) is 21.3 Å². The normalized spacial score (nSPS) is 13.6. The van der Waals surface area contributed by atoms with Crippen molar-refractivity contribution in [1.29, 1.82) is 0 Å². The maximum atomic E-state index is 11.2. The fourth-order valence-electron chi connectivity index (χ4n) is 6.57. The van der Waals surface area contributed by atoms with E-state index in [1.165, 1.54) is 48.2 Å². The van der Waals surface area contributed by atoms with E-state index in [0.717, 1.165) is 93.7 Å². The average Bonchev–Trinajstić information content (AvgIpc) is 3.65. The van der Waals surface area contributed by atoms with Crippen LogP contribution in [0.15, 0.2) is 82.6 Å². The number of fused-ring (bicyclic) bond motifs is 1. The Morgan fingerprint density at radius 1 is 0.623 bits per heavy atom. The second-order valence-corrected chi connectivity index (χ2v) is 15.6. The first kappa shape index (κ1) is 41.8. The molecule has 0 atom stereocenters. The van der Waals surface area contributed by atoms with Crippen LogP contribution in [0.5, 0.6) is 23.0 Å². The van der Waals surface area contributed by atoms with Gasteiger partial charge in [-0.25, -0.2) is 0 Å². The number of hydrogen-bond donors (Lipinski definition) is 2. The molecule has 0 spiro atoms. The van der Waals surface area contributed by atoms with Gasteiger partial charge in [-0.3, -0.25) is 14.0 Å². The van der Waals surface area contributed by atoms with Gasteiger partial charge in [-0.2, -0.15) is 16.8 Å². The summed E-state index contributed by atoms with van der Waals surface area (Å²) in [5.41, 5.74) is 2.45. The van der Waals surface area contributed by atoms with Crippen molar-refractivity contribution in [3.8, 4) is 23.0 Å². The van der Waals surface area contributed by atoms with E-state index in [1.807, 2.05) is 12.1 Å². The monoisotopic (exact) mass is 772 g/mol. The second kappa shape index (κ2) is 19.4. The number of benzene rings is 4. The molecule has 1 saturated carbocycles. The van der Waals surface area contributed by atoms with Crippen LogP contribution in [0.25, 0.3) is 10.8 Å². The average molecular weight is 773 g/mol. The molecule has 1 aliphatic rings. The molecule has 2 N–H and O–H groups in total. The molecule has 1 aliphatic carbocycles. The predicted octanol–water partition coefficient (Wildman–Crippen LogP) is 7.10. The van der Waals surface area contributed by atoms with Crippen LogP contribution in [0.4, 0.5) is 0 Å². The maximum Gasteiger partial charge on any atom is 0.295 e. The van der Waals surface area contributed by atoms with Crippen molar-refractivity contribution in [2.24, 2.45) is 0 Å². The molecule has 290 valence electrons. The van der Waals surface area contributed by atoms with Gasteiger partial charge < -0.3 is 23.8 Å². The highest BCUT2D eigenvalue weighted by Crippen LogP contribution is 2.34. The van der Waals surface area contributed by atoms with E-state index in [0.29, 0.717) is 6.10 Å². The Kier molecular flexibility index (Phi) is 15.3. The number of ether oxygens (including phenoxy) is 4. The van der Waals surface area contributed by atoms with Gasteiger partial charge >= 0.3 is 0 Å². The standard InChI is InChI=1S/C29H44N2O4.C10H8O6S2/c1-6-30(7-2)17-10-18-31(21-23-13-15-26(32-3)28(19-23)34-5)22-24-14-16-27(33-4)29(20-24)35-25-11-8-9-12-25;11-17(12,13)9-5-1-3-7-8(9)4-2-6-10(7)18(14,15)16/h13-16,19-20,25H,6-12,17-18,21-22H2,1-5H3;1-6H,(H,11,12,13)(H,14,15,16). The minimum absolute atomic E-state index is 0.0233. The van der Waals surface area contributed by atoms with Crippen molar-refractivity contribution in [3.63, 3.8) is 0 Å². The SMILES string of the molecule is CCN(CC)CCCN(Cc1ccc(OC)c(OC)c1)Cc1ccc(OC)c(OC2CCCC2)c1.O=S(=O)(O)c1cccc2c(S(=O)(=O)O)cccc12. The quantitative estimate of drug-likeness (QED) is 0.105. The first-order chi connectivity index (χ1) is 25.3. The van der Waals surface area contributed by atoms with Crippen LogP contribution in [0.2, 0.25) is 0 Å².